The quantitative estimate of drug-likeness (QED) is 0.741. The van der Waals surface area contributed by atoms with E-state index in [2.05, 4.69) is 16.1 Å². The molecule has 1 saturated carbocycles. The first-order valence-corrected chi connectivity index (χ1v) is 8.98. The van der Waals surface area contributed by atoms with Gasteiger partial charge in [0.05, 0.1) is 43.1 Å². The van der Waals surface area contributed by atoms with Crippen molar-refractivity contribution in [2.45, 2.75) is 26.3 Å². The van der Waals surface area contributed by atoms with Crippen LogP contribution in [0.1, 0.15) is 35.0 Å². The number of fused-ring (bicyclic) bond motifs is 1. The maximum atomic E-state index is 11.8. The maximum absolute atomic E-state index is 11.8. The highest BCUT2D eigenvalue weighted by molar-refractivity contribution is 5.88. The van der Waals surface area contributed by atoms with Crippen LogP contribution in [-0.4, -0.2) is 40.4 Å². The SMILES string of the molecule is CCOC(=O)c1cnn(Cc2ccc(N3CC4CC4C3)nc2CC#N)c1. The second kappa shape index (κ2) is 6.79. The third kappa shape index (κ3) is 3.27. The first kappa shape index (κ1) is 16.6. The third-order valence-corrected chi connectivity index (χ3v) is 5.08. The summed E-state index contributed by atoms with van der Waals surface area (Å²) in [5.74, 6) is 2.25. The predicted molar refractivity (Wildman–Crippen MR) is 94.6 cm³/mol. The number of nitriles is 1. The van der Waals surface area contributed by atoms with Crippen LogP contribution in [0.4, 0.5) is 5.82 Å². The summed E-state index contributed by atoms with van der Waals surface area (Å²) in [6.07, 6.45) is 4.77. The van der Waals surface area contributed by atoms with E-state index in [0.717, 1.165) is 42.0 Å². The molecular formula is C19H21N5O2. The summed E-state index contributed by atoms with van der Waals surface area (Å²) in [6, 6.07) is 6.24. The Hall–Kier alpha value is -2.88. The third-order valence-electron chi connectivity index (χ3n) is 5.08. The van der Waals surface area contributed by atoms with Crippen molar-refractivity contribution in [3.8, 4) is 6.07 Å². The van der Waals surface area contributed by atoms with Crippen molar-refractivity contribution >= 4 is 11.8 Å². The molecule has 0 aromatic carbocycles. The van der Waals surface area contributed by atoms with E-state index >= 15 is 0 Å². The van der Waals surface area contributed by atoms with Crippen LogP contribution in [0.25, 0.3) is 0 Å². The minimum Gasteiger partial charge on any atom is -0.462 e. The summed E-state index contributed by atoms with van der Waals surface area (Å²) in [5.41, 5.74) is 2.14. The normalized spacial score (nSPS) is 20.5. The van der Waals surface area contributed by atoms with Gasteiger partial charge in [0.2, 0.25) is 0 Å². The summed E-state index contributed by atoms with van der Waals surface area (Å²) in [7, 11) is 0. The first-order chi connectivity index (χ1) is 12.7. The summed E-state index contributed by atoms with van der Waals surface area (Å²) < 4.78 is 6.66. The first-order valence-electron chi connectivity index (χ1n) is 8.98. The Bertz CT molecular complexity index is 859. The highest BCUT2D eigenvalue weighted by Gasteiger charge is 2.45. The van der Waals surface area contributed by atoms with Crippen molar-refractivity contribution in [2.75, 3.05) is 24.6 Å². The van der Waals surface area contributed by atoms with E-state index in [9.17, 15) is 4.79 Å². The molecule has 2 unspecified atom stereocenters. The molecule has 134 valence electrons. The number of hydrogen-bond acceptors (Lipinski definition) is 6. The van der Waals surface area contributed by atoms with E-state index in [1.165, 1.54) is 12.6 Å². The number of esters is 1. The number of carbonyl (C=O) groups excluding carboxylic acids is 1. The zero-order chi connectivity index (χ0) is 18.1. The Morgan fingerprint density at radius 3 is 2.92 bits per heavy atom. The van der Waals surface area contributed by atoms with E-state index in [1.54, 1.807) is 17.8 Å². The number of carbonyl (C=O) groups is 1. The molecule has 3 heterocycles. The molecule has 2 aromatic heterocycles. The Morgan fingerprint density at radius 1 is 1.38 bits per heavy atom. The average molecular weight is 351 g/mol. The lowest BCUT2D eigenvalue weighted by Crippen LogP contribution is -2.23. The molecule has 2 aliphatic rings. The smallest absolute Gasteiger partial charge is 0.341 e. The van der Waals surface area contributed by atoms with Gasteiger partial charge < -0.3 is 9.64 Å². The van der Waals surface area contributed by atoms with Crippen molar-refractivity contribution in [2.24, 2.45) is 11.8 Å². The van der Waals surface area contributed by atoms with E-state index in [-0.39, 0.29) is 12.4 Å². The van der Waals surface area contributed by atoms with Gasteiger partial charge in [-0.25, -0.2) is 9.78 Å². The summed E-state index contributed by atoms with van der Waals surface area (Å²) >= 11 is 0. The number of nitrogens with zero attached hydrogens (tertiary/aromatic N) is 5. The molecular weight excluding hydrogens is 330 g/mol. The molecule has 0 spiro atoms. The monoisotopic (exact) mass is 351 g/mol. The number of ether oxygens (including phenoxy) is 1. The lowest BCUT2D eigenvalue weighted by molar-refractivity contribution is 0.0526. The van der Waals surface area contributed by atoms with Gasteiger partial charge >= 0.3 is 5.97 Å². The number of pyridine rings is 1. The number of rotatable bonds is 6. The zero-order valence-corrected chi connectivity index (χ0v) is 14.8. The molecule has 1 aliphatic heterocycles. The van der Waals surface area contributed by atoms with Gasteiger partial charge in [-0.15, -0.1) is 0 Å². The minimum absolute atomic E-state index is 0.260. The molecule has 2 aromatic rings. The maximum Gasteiger partial charge on any atom is 0.341 e. The number of piperidine rings is 1. The molecule has 7 nitrogen and oxygen atoms in total. The molecule has 0 bridgehead atoms. The van der Waals surface area contributed by atoms with Gasteiger partial charge in [-0.1, -0.05) is 6.07 Å². The van der Waals surface area contributed by atoms with Crippen LogP contribution < -0.4 is 4.90 Å². The van der Waals surface area contributed by atoms with Crippen molar-refractivity contribution < 1.29 is 9.53 Å². The fourth-order valence-electron chi connectivity index (χ4n) is 3.60. The molecule has 7 heteroatoms. The van der Waals surface area contributed by atoms with E-state index in [1.807, 2.05) is 12.1 Å². The van der Waals surface area contributed by atoms with E-state index in [4.69, 9.17) is 15.0 Å². The molecule has 2 fully saturated rings. The highest BCUT2D eigenvalue weighted by atomic mass is 16.5. The fraction of sp³-hybridized carbons (Fsp3) is 0.474. The topological polar surface area (TPSA) is 84.0 Å². The lowest BCUT2D eigenvalue weighted by atomic mass is 10.1. The average Bonchev–Trinajstić information content (AvgIpc) is 3.04. The Kier molecular flexibility index (Phi) is 4.33. The van der Waals surface area contributed by atoms with Crippen LogP contribution in [0.15, 0.2) is 24.5 Å². The van der Waals surface area contributed by atoms with Crippen molar-refractivity contribution in [3.05, 3.63) is 41.3 Å². The predicted octanol–water partition coefficient (Wildman–Crippen LogP) is 2.03. The molecule has 2 atom stereocenters. The molecule has 0 N–H and O–H groups in total. The van der Waals surface area contributed by atoms with Crippen molar-refractivity contribution in [3.63, 3.8) is 0 Å². The Labute approximate surface area is 152 Å². The van der Waals surface area contributed by atoms with Crippen molar-refractivity contribution in [1.82, 2.24) is 14.8 Å². The zero-order valence-electron chi connectivity index (χ0n) is 14.8. The largest absolute Gasteiger partial charge is 0.462 e. The minimum atomic E-state index is -0.378. The standard InChI is InChI=1S/C19H21N5O2/c1-2-26-19(25)16-8-21-24(12-16)11-13-3-4-18(22-17(13)5-6-20)23-9-14-7-15(14)10-23/h3-4,8,12,14-15H,2,5,7,9-11H2,1H3. The van der Waals surface area contributed by atoms with Gasteiger partial charge in [0.25, 0.3) is 0 Å². The van der Waals surface area contributed by atoms with Gasteiger partial charge in [-0.05, 0) is 36.8 Å². The number of aromatic nitrogens is 3. The molecule has 26 heavy (non-hydrogen) atoms. The van der Waals surface area contributed by atoms with Gasteiger partial charge in [0.1, 0.15) is 5.82 Å². The Morgan fingerprint density at radius 2 is 2.19 bits per heavy atom. The van der Waals surface area contributed by atoms with Gasteiger partial charge in [-0.2, -0.15) is 10.4 Å². The van der Waals surface area contributed by atoms with Gasteiger partial charge in [0, 0.05) is 19.3 Å². The van der Waals surface area contributed by atoms with Crippen molar-refractivity contribution in [1.29, 1.82) is 5.26 Å². The molecule has 0 radical (unpaired) electrons. The van der Waals surface area contributed by atoms with Crippen LogP contribution in [0.5, 0.6) is 0 Å². The number of anilines is 1. The highest BCUT2D eigenvalue weighted by Crippen LogP contribution is 2.45. The molecule has 1 aliphatic carbocycles. The van der Waals surface area contributed by atoms with E-state index < -0.39 is 0 Å². The second-order valence-corrected chi connectivity index (χ2v) is 6.92. The summed E-state index contributed by atoms with van der Waals surface area (Å²) in [4.78, 5) is 18.8. The molecule has 1 saturated heterocycles. The van der Waals surface area contributed by atoms with Crippen LogP contribution in [0, 0.1) is 23.2 Å². The fourth-order valence-corrected chi connectivity index (χ4v) is 3.60. The van der Waals surface area contributed by atoms with Crippen LogP contribution in [0.3, 0.4) is 0 Å². The van der Waals surface area contributed by atoms with Crippen LogP contribution in [0.2, 0.25) is 0 Å². The summed E-state index contributed by atoms with van der Waals surface area (Å²) in [6.45, 7) is 4.72. The van der Waals surface area contributed by atoms with Crippen LogP contribution in [-0.2, 0) is 17.7 Å². The molecule has 0 amide bonds. The van der Waals surface area contributed by atoms with Gasteiger partial charge in [0.15, 0.2) is 0 Å². The van der Waals surface area contributed by atoms with Gasteiger partial charge in [-0.3, -0.25) is 4.68 Å². The summed E-state index contributed by atoms with van der Waals surface area (Å²) in [5, 5.41) is 13.4. The Balaban J connectivity index is 1.52. The molecule has 4 rings (SSSR count). The lowest BCUT2D eigenvalue weighted by Gasteiger charge is -2.20. The van der Waals surface area contributed by atoms with E-state index in [0.29, 0.717) is 18.7 Å². The van der Waals surface area contributed by atoms with Crippen LogP contribution >= 0.6 is 0 Å². The second-order valence-electron chi connectivity index (χ2n) is 6.92. The number of hydrogen-bond donors (Lipinski definition) is 0.